The molecule has 0 fully saturated rings. The van der Waals surface area contributed by atoms with Crippen LogP contribution in [0, 0.1) is 0 Å². The van der Waals surface area contributed by atoms with Gasteiger partial charge in [-0.1, -0.05) is 24.3 Å². The van der Waals surface area contributed by atoms with Crippen LogP contribution in [0.4, 0.5) is 10.8 Å². The molecule has 30 heavy (non-hydrogen) atoms. The van der Waals surface area contributed by atoms with Crippen LogP contribution in [0.5, 0.6) is 17.2 Å². The van der Waals surface area contributed by atoms with Crippen LogP contribution in [-0.2, 0) is 6.42 Å². The molecule has 0 aliphatic carbocycles. The van der Waals surface area contributed by atoms with Crippen molar-refractivity contribution in [2.45, 2.75) is 12.3 Å². The van der Waals surface area contributed by atoms with E-state index < -0.39 is 0 Å². The van der Waals surface area contributed by atoms with Crippen molar-refractivity contribution in [2.24, 2.45) is 0 Å². The summed E-state index contributed by atoms with van der Waals surface area (Å²) in [6, 6.07) is 23.6. The summed E-state index contributed by atoms with van der Waals surface area (Å²) >= 11 is 1.46. The minimum absolute atomic E-state index is 0.0949. The SMILES string of the molecule is COc1ccc(CC(c2ccc(Oc3ccc(N)cc3)cc2)c2csc(N)n2)cc1. The van der Waals surface area contributed by atoms with E-state index in [-0.39, 0.29) is 5.92 Å². The maximum absolute atomic E-state index is 5.92. The quantitative estimate of drug-likeness (QED) is 0.389. The molecule has 4 N–H and O–H groups in total. The lowest BCUT2D eigenvalue weighted by Gasteiger charge is -2.17. The Labute approximate surface area is 179 Å². The summed E-state index contributed by atoms with van der Waals surface area (Å²) in [5.74, 6) is 2.46. The van der Waals surface area contributed by atoms with Crippen LogP contribution in [0.1, 0.15) is 22.7 Å². The van der Waals surface area contributed by atoms with Gasteiger partial charge in [0.15, 0.2) is 5.13 Å². The van der Waals surface area contributed by atoms with Crippen molar-refractivity contribution in [2.75, 3.05) is 18.6 Å². The van der Waals surface area contributed by atoms with Crippen LogP contribution in [0.15, 0.2) is 78.2 Å². The van der Waals surface area contributed by atoms with Crippen molar-refractivity contribution in [3.05, 3.63) is 95.0 Å². The van der Waals surface area contributed by atoms with Gasteiger partial charge in [0.25, 0.3) is 0 Å². The monoisotopic (exact) mass is 417 g/mol. The van der Waals surface area contributed by atoms with E-state index in [0.29, 0.717) is 10.8 Å². The average molecular weight is 418 g/mol. The number of methoxy groups -OCH3 is 1. The van der Waals surface area contributed by atoms with Crippen LogP contribution >= 0.6 is 11.3 Å². The third-order valence-corrected chi connectivity index (χ3v) is 5.59. The lowest BCUT2D eigenvalue weighted by atomic mass is 9.89. The Bertz CT molecular complexity index is 1090. The Morgan fingerprint density at radius 3 is 2.00 bits per heavy atom. The van der Waals surface area contributed by atoms with Gasteiger partial charge >= 0.3 is 0 Å². The van der Waals surface area contributed by atoms with Gasteiger partial charge in [0, 0.05) is 17.0 Å². The molecule has 3 aromatic carbocycles. The first-order valence-electron chi connectivity index (χ1n) is 9.58. The van der Waals surface area contributed by atoms with Crippen LogP contribution in [0.3, 0.4) is 0 Å². The van der Waals surface area contributed by atoms with Crippen molar-refractivity contribution in [1.82, 2.24) is 4.98 Å². The number of hydrogen-bond donors (Lipinski definition) is 2. The molecule has 0 spiro atoms. The molecule has 1 heterocycles. The molecule has 0 amide bonds. The number of ether oxygens (including phenoxy) is 2. The van der Waals surface area contributed by atoms with Crippen molar-refractivity contribution >= 4 is 22.2 Å². The van der Waals surface area contributed by atoms with E-state index in [1.54, 1.807) is 7.11 Å². The number of thiazole rings is 1. The summed E-state index contributed by atoms with van der Waals surface area (Å²) < 4.78 is 11.2. The maximum atomic E-state index is 5.92. The summed E-state index contributed by atoms with van der Waals surface area (Å²) in [4.78, 5) is 4.54. The van der Waals surface area contributed by atoms with Gasteiger partial charge in [0.05, 0.1) is 12.8 Å². The zero-order chi connectivity index (χ0) is 20.9. The number of hydrogen-bond acceptors (Lipinski definition) is 6. The fourth-order valence-electron chi connectivity index (χ4n) is 3.29. The van der Waals surface area contributed by atoms with Crippen LogP contribution in [-0.4, -0.2) is 12.1 Å². The van der Waals surface area contributed by atoms with Gasteiger partial charge in [0.2, 0.25) is 0 Å². The first-order valence-corrected chi connectivity index (χ1v) is 10.5. The second-order valence-corrected chi connectivity index (χ2v) is 7.85. The minimum atomic E-state index is 0.0949. The third kappa shape index (κ3) is 4.72. The molecular formula is C24H23N3O2S. The van der Waals surface area contributed by atoms with Crippen molar-refractivity contribution < 1.29 is 9.47 Å². The molecule has 1 aromatic heterocycles. The van der Waals surface area contributed by atoms with Gasteiger partial charge in [-0.15, -0.1) is 11.3 Å². The Morgan fingerprint density at radius 2 is 1.43 bits per heavy atom. The maximum Gasteiger partial charge on any atom is 0.180 e. The molecule has 1 unspecified atom stereocenters. The van der Waals surface area contributed by atoms with Crippen molar-refractivity contribution in [3.63, 3.8) is 0 Å². The van der Waals surface area contributed by atoms with E-state index in [2.05, 4.69) is 29.2 Å². The Kier molecular flexibility index (Phi) is 5.86. The van der Waals surface area contributed by atoms with Crippen molar-refractivity contribution in [3.8, 4) is 17.2 Å². The predicted octanol–water partition coefficient (Wildman–Crippen LogP) is 5.48. The first kappa shape index (κ1) is 19.8. The highest BCUT2D eigenvalue weighted by Gasteiger charge is 2.18. The summed E-state index contributed by atoms with van der Waals surface area (Å²) in [7, 11) is 1.67. The predicted molar refractivity (Wildman–Crippen MR) is 122 cm³/mol. The Balaban J connectivity index is 1.57. The summed E-state index contributed by atoms with van der Waals surface area (Å²) in [5, 5.41) is 2.61. The molecule has 4 aromatic rings. The van der Waals surface area contributed by atoms with E-state index >= 15 is 0 Å². The molecule has 0 bridgehead atoms. The van der Waals surface area contributed by atoms with E-state index in [4.69, 9.17) is 20.9 Å². The molecule has 152 valence electrons. The number of nitrogens with two attached hydrogens (primary N) is 2. The topological polar surface area (TPSA) is 83.4 Å². The molecule has 0 saturated heterocycles. The average Bonchev–Trinajstić information content (AvgIpc) is 3.21. The highest BCUT2D eigenvalue weighted by molar-refractivity contribution is 7.13. The zero-order valence-corrected chi connectivity index (χ0v) is 17.4. The van der Waals surface area contributed by atoms with Gasteiger partial charge < -0.3 is 20.9 Å². The normalized spacial score (nSPS) is 11.8. The summed E-state index contributed by atoms with van der Waals surface area (Å²) in [6.07, 6.45) is 0.811. The number of nitrogen functional groups attached to an aromatic ring is 2. The van der Waals surface area contributed by atoms with Gasteiger partial charge in [-0.2, -0.15) is 0 Å². The van der Waals surface area contributed by atoms with Crippen LogP contribution in [0.2, 0.25) is 0 Å². The lowest BCUT2D eigenvalue weighted by molar-refractivity contribution is 0.414. The smallest absolute Gasteiger partial charge is 0.180 e. The summed E-state index contributed by atoms with van der Waals surface area (Å²) in [5.41, 5.74) is 15.7. The molecule has 4 rings (SSSR count). The van der Waals surface area contributed by atoms with E-state index in [1.807, 2.05) is 53.9 Å². The first-order chi connectivity index (χ1) is 14.6. The molecule has 6 heteroatoms. The Hall–Kier alpha value is -3.51. The second-order valence-electron chi connectivity index (χ2n) is 6.96. The summed E-state index contributed by atoms with van der Waals surface area (Å²) in [6.45, 7) is 0. The van der Waals surface area contributed by atoms with Gasteiger partial charge in [-0.3, -0.25) is 0 Å². The molecule has 0 radical (unpaired) electrons. The van der Waals surface area contributed by atoms with Crippen LogP contribution < -0.4 is 20.9 Å². The highest BCUT2D eigenvalue weighted by Crippen LogP contribution is 2.32. The minimum Gasteiger partial charge on any atom is -0.497 e. The van der Waals surface area contributed by atoms with Crippen LogP contribution in [0.25, 0.3) is 0 Å². The number of rotatable bonds is 7. The zero-order valence-electron chi connectivity index (χ0n) is 16.6. The standard InChI is InChI=1S/C24H23N3O2S/c1-28-19-8-2-16(3-9-19)14-22(23-15-30-24(26)27-23)17-4-10-20(11-5-17)29-21-12-6-18(25)7-13-21/h2-13,15,22H,14,25H2,1H3,(H2,26,27). The highest BCUT2D eigenvalue weighted by atomic mass is 32.1. The van der Waals surface area contributed by atoms with Gasteiger partial charge in [0.1, 0.15) is 17.2 Å². The molecule has 0 saturated carbocycles. The molecular weight excluding hydrogens is 394 g/mol. The number of nitrogens with zero attached hydrogens (tertiary/aromatic N) is 1. The lowest BCUT2D eigenvalue weighted by Crippen LogP contribution is -2.06. The van der Waals surface area contributed by atoms with Crippen molar-refractivity contribution in [1.29, 1.82) is 0 Å². The number of anilines is 2. The van der Waals surface area contributed by atoms with E-state index in [1.165, 1.54) is 16.9 Å². The number of aromatic nitrogens is 1. The molecule has 5 nitrogen and oxygen atoms in total. The third-order valence-electron chi connectivity index (χ3n) is 4.89. The second kappa shape index (κ2) is 8.88. The molecule has 0 aliphatic heterocycles. The fourth-order valence-corrected chi connectivity index (χ4v) is 3.91. The Morgan fingerprint density at radius 1 is 0.833 bits per heavy atom. The van der Waals surface area contributed by atoms with Gasteiger partial charge in [-0.25, -0.2) is 4.98 Å². The van der Waals surface area contributed by atoms with E-state index in [9.17, 15) is 0 Å². The largest absolute Gasteiger partial charge is 0.497 e. The van der Waals surface area contributed by atoms with E-state index in [0.717, 1.165) is 34.9 Å². The fraction of sp³-hybridized carbons (Fsp3) is 0.125. The number of benzene rings is 3. The molecule has 1 atom stereocenters. The van der Waals surface area contributed by atoms with Gasteiger partial charge in [-0.05, 0) is 66.1 Å². The molecule has 0 aliphatic rings.